The first-order chi connectivity index (χ1) is 7.41. The number of nitrogens with one attached hydrogen (secondary N) is 1. The smallest absolute Gasteiger partial charge is 0.313 e. The molecule has 4 heteroatoms. The average Bonchev–Trinajstić information content (AvgIpc) is 2.16. The van der Waals surface area contributed by atoms with Crippen LogP contribution in [0.15, 0.2) is 0 Å². The van der Waals surface area contributed by atoms with Crippen molar-refractivity contribution in [2.75, 3.05) is 6.54 Å². The van der Waals surface area contributed by atoms with Gasteiger partial charge >= 0.3 is 6.18 Å². The van der Waals surface area contributed by atoms with Gasteiger partial charge in [0.25, 0.3) is 0 Å². The van der Waals surface area contributed by atoms with Gasteiger partial charge in [-0.3, -0.25) is 0 Å². The fourth-order valence-electron chi connectivity index (χ4n) is 2.39. The highest BCUT2D eigenvalue weighted by atomic mass is 19.4. The third kappa shape index (κ3) is 4.32. The van der Waals surface area contributed by atoms with Crippen LogP contribution in [-0.4, -0.2) is 18.8 Å². The molecule has 1 heterocycles. The van der Waals surface area contributed by atoms with Gasteiger partial charge in [0.15, 0.2) is 0 Å². The van der Waals surface area contributed by atoms with E-state index in [0.29, 0.717) is 25.2 Å². The van der Waals surface area contributed by atoms with E-state index >= 15 is 0 Å². The van der Waals surface area contributed by atoms with Gasteiger partial charge in [-0.25, -0.2) is 0 Å². The van der Waals surface area contributed by atoms with Crippen LogP contribution in [0.25, 0.3) is 0 Å². The zero-order chi connectivity index (χ0) is 12.2. The van der Waals surface area contributed by atoms with Crippen LogP contribution in [-0.2, 0) is 0 Å². The average molecular weight is 237 g/mol. The maximum Gasteiger partial charge on any atom is 0.393 e. The molecular weight excluding hydrogens is 215 g/mol. The van der Waals surface area contributed by atoms with Gasteiger partial charge in [0.2, 0.25) is 0 Å². The SMILES string of the molecule is CC(C)CCCC1NCCCC1C(F)(F)F. The highest BCUT2D eigenvalue weighted by molar-refractivity contribution is 4.85. The molecule has 1 aliphatic rings. The lowest BCUT2D eigenvalue weighted by Gasteiger charge is -2.34. The van der Waals surface area contributed by atoms with Crippen molar-refractivity contribution in [3.63, 3.8) is 0 Å². The topological polar surface area (TPSA) is 12.0 Å². The Labute approximate surface area is 95.8 Å². The summed E-state index contributed by atoms with van der Waals surface area (Å²) in [4.78, 5) is 0. The molecule has 1 rings (SSSR count). The molecule has 16 heavy (non-hydrogen) atoms. The summed E-state index contributed by atoms with van der Waals surface area (Å²) < 4.78 is 38.2. The third-order valence-corrected chi connectivity index (χ3v) is 3.30. The van der Waals surface area contributed by atoms with Crippen LogP contribution in [0.2, 0.25) is 0 Å². The largest absolute Gasteiger partial charge is 0.393 e. The van der Waals surface area contributed by atoms with Crippen LogP contribution < -0.4 is 5.32 Å². The molecule has 0 aromatic carbocycles. The number of piperidine rings is 1. The molecule has 1 fully saturated rings. The van der Waals surface area contributed by atoms with Crippen molar-refractivity contribution in [3.8, 4) is 0 Å². The summed E-state index contributed by atoms with van der Waals surface area (Å²) >= 11 is 0. The molecule has 96 valence electrons. The van der Waals surface area contributed by atoms with E-state index in [9.17, 15) is 13.2 Å². The number of alkyl halides is 3. The molecule has 0 spiro atoms. The van der Waals surface area contributed by atoms with Crippen LogP contribution in [0.3, 0.4) is 0 Å². The number of hydrogen-bond donors (Lipinski definition) is 1. The lowest BCUT2D eigenvalue weighted by atomic mass is 9.86. The second-order valence-electron chi connectivity index (χ2n) is 5.18. The van der Waals surface area contributed by atoms with E-state index in [1.165, 1.54) is 0 Å². The molecule has 1 nitrogen and oxygen atoms in total. The molecule has 0 amide bonds. The molecule has 0 bridgehead atoms. The quantitative estimate of drug-likeness (QED) is 0.785. The Morgan fingerprint density at radius 3 is 2.56 bits per heavy atom. The third-order valence-electron chi connectivity index (χ3n) is 3.30. The van der Waals surface area contributed by atoms with Gasteiger partial charge in [-0.2, -0.15) is 13.2 Å². The van der Waals surface area contributed by atoms with Crippen LogP contribution in [0, 0.1) is 11.8 Å². The minimum absolute atomic E-state index is 0.294. The minimum Gasteiger partial charge on any atom is -0.313 e. The Morgan fingerprint density at radius 2 is 2.00 bits per heavy atom. The zero-order valence-corrected chi connectivity index (χ0v) is 10.1. The van der Waals surface area contributed by atoms with E-state index < -0.39 is 12.1 Å². The van der Waals surface area contributed by atoms with Crippen molar-refractivity contribution in [2.24, 2.45) is 11.8 Å². The molecule has 1 aliphatic heterocycles. The molecule has 0 aliphatic carbocycles. The summed E-state index contributed by atoms with van der Waals surface area (Å²) in [5.41, 5.74) is 0. The summed E-state index contributed by atoms with van der Waals surface area (Å²) in [7, 11) is 0. The predicted octanol–water partition coefficient (Wildman–Crippen LogP) is 3.74. The molecule has 2 unspecified atom stereocenters. The minimum atomic E-state index is -4.03. The first-order valence-electron chi connectivity index (χ1n) is 6.21. The van der Waals surface area contributed by atoms with Crippen molar-refractivity contribution in [1.82, 2.24) is 5.32 Å². The number of hydrogen-bond acceptors (Lipinski definition) is 1. The molecule has 1 saturated heterocycles. The highest BCUT2D eigenvalue weighted by Gasteiger charge is 2.44. The first-order valence-corrected chi connectivity index (χ1v) is 6.21. The molecule has 0 aromatic heterocycles. The van der Waals surface area contributed by atoms with Crippen molar-refractivity contribution < 1.29 is 13.2 Å². The number of rotatable bonds is 4. The summed E-state index contributed by atoms with van der Waals surface area (Å²) in [5, 5.41) is 3.03. The molecule has 1 N–H and O–H groups in total. The summed E-state index contributed by atoms with van der Waals surface area (Å²) in [6.45, 7) is 4.95. The summed E-state index contributed by atoms with van der Waals surface area (Å²) in [5.74, 6) is -0.554. The van der Waals surface area contributed by atoms with E-state index in [2.05, 4.69) is 19.2 Å². The molecule has 2 atom stereocenters. The predicted molar refractivity (Wildman–Crippen MR) is 59.3 cm³/mol. The van der Waals surface area contributed by atoms with Crippen LogP contribution >= 0.6 is 0 Å². The van der Waals surface area contributed by atoms with Gasteiger partial charge in [0.05, 0.1) is 5.92 Å². The highest BCUT2D eigenvalue weighted by Crippen LogP contribution is 2.36. The van der Waals surface area contributed by atoms with Gasteiger partial charge in [-0.15, -0.1) is 0 Å². The van der Waals surface area contributed by atoms with Crippen LogP contribution in [0.5, 0.6) is 0 Å². The molecular formula is C12H22F3N. The van der Waals surface area contributed by atoms with E-state index in [-0.39, 0.29) is 6.04 Å². The Hall–Kier alpha value is -0.250. The van der Waals surface area contributed by atoms with Crippen LogP contribution in [0.1, 0.15) is 46.0 Å². The lowest BCUT2D eigenvalue weighted by Crippen LogP contribution is -2.47. The molecule has 0 aromatic rings. The summed E-state index contributed by atoms with van der Waals surface area (Å²) in [6, 6.07) is -0.354. The van der Waals surface area contributed by atoms with E-state index in [1.807, 2.05) is 0 Å². The number of halogens is 3. The monoisotopic (exact) mass is 237 g/mol. The second-order valence-corrected chi connectivity index (χ2v) is 5.18. The Kier molecular flexibility index (Phi) is 5.09. The zero-order valence-electron chi connectivity index (χ0n) is 10.1. The Morgan fingerprint density at radius 1 is 1.31 bits per heavy atom. The summed E-state index contributed by atoms with van der Waals surface area (Å²) in [6.07, 6.45) is -0.531. The van der Waals surface area contributed by atoms with Gasteiger partial charge in [-0.1, -0.05) is 26.7 Å². The van der Waals surface area contributed by atoms with Crippen molar-refractivity contribution in [2.45, 2.75) is 58.2 Å². The van der Waals surface area contributed by atoms with Gasteiger partial charge < -0.3 is 5.32 Å². The lowest BCUT2D eigenvalue weighted by molar-refractivity contribution is -0.188. The molecule has 0 radical (unpaired) electrons. The Balaban J connectivity index is 2.41. The maximum atomic E-state index is 12.7. The van der Waals surface area contributed by atoms with Gasteiger partial charge in [0, 0.05) is 6.04 Å². The fraction of sp³-hybridized carbons (Fsp3) is 1.00. The normalized spacial score (nSPS) is 27.4. The van der Waals surface area contributed by atoms with E-state index in [0.717, 1.165) is 19.4 Å². The van der Waals surface area contributed by atoms with Gasteiger partial charge in [-0.05, 0) is 31.7 Å². The molecule has 0 saturated carbocycles. The van der Waals surface area contributed by atoms with E-state index in [4.69, 9.17) is 0 Å². The van der Waals surface area contributed by atoms with Crippen molar-refractivity contribution in [3.05, 3.63) is 0 Å². The van der Waals surface area contributed by atoms with Crippen molar-refractivity contribution >= 4 is 0 Å². The maximum absolute atomic E-state index is 12.7. The van der Waals surface area contributed by atoms with Crippen molar-refractivity contribution in [1.29, 1.82) is 0 Å². The Bertz CT molecular complexity index is 201. The van der Waals surface area contributed by atoms with Crippen LogP contribution in [0.4, 0.5) is 13.2 Å². The standard InChI is InChI=1S/C12H22F3N/c1-9(2)5-3-7-11-10(12(13,14)15)6-4-8-16-11/h9-11,16H,3-8H2,1-2H3. The van der Waals surface area contributed by atoms with E-state index in [1.54, 1.807) is 0 Å². The second kappa shape index (κ2) is 5.89. The van der Waals surface area contributed by atoms with Gasteiger partial charge in [0.1, 0.15) is 0 Å². The fourth-order valence-corrected chi connectivity index (χ4v) is 2.39. The first kappa shape index (κ1) is 13.8.